The minimum atomic E-state index is -0.417. The Kier molecular flexibility index (Phi) is 7.90. The molecule has 1 amide bonds. The molecule has 0 radical (unpaired) electrons. The Hall–Kier alpha value is -3.36. The van der Waals surface area contributed by atoms with E-state index in [1.807, 2.05) is 6.07 Å². The van der Waals surface area contributed by atoms with Crippen molar-refractivity contribution in [1.29, 1.82) is 0 Å². The van der Waals surface area contributed by atoms with Gasteiger partial charge in [0.1, 0.15) is 11.6 Å². The Morgan fingerprint density at radius 1 is 1.11 bits per heavy atom. The maximum Gasteiger partial charge on any atom is 0.337 e. The van der Waals surface area contributed by atoms with Gasteiger partial charge in [0.15, 0.2) is 0 Å². The molecule has 0 bridgehead atoms. The number of aromatic nitrogens is 2. The molecule has 1 aliphatic rings. The van der Waals surface area contributed by atoms with E-state index in [-0.39, 0.29) is 11.3 Å². The first kappa shape index (κ1) is 26.7. The second-order valence-electron chi connectivity index (χ2n) is 9.71. The molecule has 0 saturated carbocycles. The number of methoxy groups -OCH3 is 1. The van der Waals surface area contributed by atoms with Crippen molar-refractivity contribution in [2.24, 2.45) is 5.41 Å². The predicted molar refractivity (Wildman–Crippen MR) is 146 cm³/mol. The molecule has 0 saturated heterocycles. The van der Waals surface area contributed by atoms with E-state index in [9.17, 15) is 9.59 Å². The van der Waals surface area contributed by atoms with Gasteiger partial charge < -0.3 is 20.7 Å². The number of halogens is 2. The van der Waals surface area contributed by atoms with Crippen molar-refractivity contribution in [3.8, 4) is 0 Å². The molecular weight excluding hydrogens is 513 g/mol. The number of nitrogens with one attached hydrogen (secondary N) is 3. The predicted octanol–water partition coefficient (Wildman–Crippen LogP) is 5.80. The number of hydrogen-bond donors (Lipinski definition) is 3. The lowest BCUT2D eigenvalue weighted by atomic mass is 9.73. The summed E-state index contributed by atoms with van der Waals surface area (Å²) >= 11 is 12.8. The highest BCUT2D eigenvalue weighted by Gasteiger charge is 2.33. The van der Waals surface area contributed by atoms with Gasteiger partial charge in [0, 0.05) is 26.0 Å². The highest BCUT2D eigenvalue weighted by atomic mass is 35.5. The van der Waals surface area contributed by atoms with Crippen LogP contribution in [-0.2, 0) is 24.1 Å². The van der Waals surface area contributed by atoms with Crippen LogP contribution in [0.2, 0.25) is 10.0 Å². The minimum Gasteiger partial charge on any atom is -0.465 e. The number of anilines is 3. The normalized spacial score (nSPS) is 13.9. The molecule has 8 nitrogen and oxygen atoms in total. The van der Waals surface area contributed by atoms with Crippen LogP contribution in [0.25, 0.3) is 0 Å². The Bertz CT molecular complexity index is 1340. The summed E-state index contributed by atoms with van der Waals surface area (Å²) < 4.78 is 4.83. The van der Waals surface area contributed by atoms with Gasteiger partial charge in [0.05, 0.1) is 34.0 Å². The summed E-state index contributed by atoms with van der Waals surface area (Å²) in [7, 11) is 2.95. The van der Waals surface area contributed by atoms with Gasteiger partial charge in [-0.1, -0.05) is 49.2 Å². The molecule has 10 heteroatoms. The van der Waals surface area contributed by atoms with Crippen LogP contribution in [0.5, 0.6) is 0 Å². The number of carbonyl (C=O) groups excluding carboxylic acids is 2. The first-order valence-corrected chi connectivity index (χ1v) is 12.6. The van der Waals surface area contributed by atoms with Crippen molar-refractivity contribution in [3.05, 3.63) is 74.5 Å². The van der Waals surface area contributed by atoms with E-state index >= 15 is 0 Å². The molecule has 37 heavy (non-hydrogen) atoms. The first-order valence-electron chi connectivity index (χ1n) is 11.9. The van der Waals surface area contributed by atoms with Crippen molar-refractivity contribution in [2.75, 3.05) is 24.8 Å². The fourth-order valence-corrected chi connectivity index (χ4v) is 4.99. The molecule has 194 valence electrons. The number of carbonyl (C=O) groups is 2. The van der Waals surface area contributed by atoms with E-state index in [0.717, 1.165) is 29.5 Å². The van der Waals surface area contributed by atoms with Crippen LogP contribution in [0.3, 0.4) is 0 Å². The van der Waals surface area contributed by atoms with Gasteiger partial charge in [-0.2, -0.15) is 0 Å². The van der Waals surface area contributed by atoms with E-state index in [4.69, 9.17) is 32.9 Å². The highest BCUT2D eigenvalue weighted by Crippen LogP contribution is 2.42. The molecule has 0 aliphatic heterocycles. The third-order valence-electron chi connectivity index (χ3n) is 6.48. The monoisotopic (exact) mass is 541 g/mol. The molecule has 4 rings (SSSR count). The maximum absolute atomic E-state index is 13.2. The zero-order chi connectivity index (χ0) is 26.7. The molecule has 1 aliphatic carbocycles. The van der Waals surface area contributed by atoms with Gasteiger partial charge >= 0.3 is 5.97 Å². The van der Waals surface area contributed by atoms with Crippen LogP contribution < -0.4 is 16.0 Å². The van der Waals surface area contributed by atoms with E-state index in [1.165, 1.54) is 19.5 Å². The number of rotatable bonds is 7. The summed E-state index contributed by atoms with van der Waals surface area (Å²) in [5, 5.41) is 10.1. The van der Waals surface area contributed by atoms with Crippen LogP contribution >= 0.6 is 23.2 Å². The number of pyridine rings is 2. The summed E-state index contributed by atoms with van der Waals surface area (Å²) in [6, 6.07) is 7.10. The molecular formula is C27H29Cl2N5O3. The lowest BCUT2D eigenvalue weighted by Gasteiger charge is -2.34. The zero-order valence-electron chi connectivity index (χ0n) is 21.2. The Morgan fingerprint density at radius 3 is 2.51 bits per heavy atom. The summed E-state index contributed by atoms with van der Waals surface area (Å²) in [4.78, 5) is 34.0. The summed E-state index contributed by atoms with van der Waals surface area (Å²) in [6.45, 7) is 4.72. The maximum atomic E-state index is 13.2. The fraction of sp³-hybridized carbons (Fsp3) is 0.333. The molecule has 3 aromatic rings. The minimum absolute atomic E-state index is 0.00642. The van der Waals surface area contributed by atoms with Crippen LogP contribution in [0.1, 0.15) is 57.7 Å². The SMILES string of the molecule is CNC(=O)c1c(NCc2cccc(C(=O)OC)c2)nc(Nc2c(Cl)cncc2Cl)c2c1CC(C)(C)CC2. The van der Waals surface area contributed by atoms with Crippen molar-refractivity contribution < 1.29 is 14.3 Å². The molecule has 0 atom stereocenters. The Labute approximate surface area is 226 Å². The van der Waals surface area contributed by atoms with E-state index < -0.39 is 5.97 Å². The van der Waals surface area contributed by atoms with Gasteiger partial charge in [-0.3, -0.25) is 9.78 Å². The largest absolute Gasteiger partial charge is 0.465 e. The molecule has 1 aromatic carbocycles. The molecule has 0 fully saturated rings. The van der Waals surface area contributed by atoms with Gasteiger partial charge in [-0.25, -0.2) is 9.78 Å². The van der Waals surface area contributed by atoms with Crippen LogP contribution in [0, 0.1) is 5.41 Å². The van der Waals surface area contributed by atoms with Crippen LogP contribution in [0.15, 0.2) is 36.7 Å². The lowest BCUT2D eigenvalue weighted by molar-refractivity contribution is 0.0600. The van der Waals surface area contributed by atoms with Crippen molar-refractivity contribution in [2.45, 2.75) is 39.7 Å². The summed E-state index contributed by atoms with van der Waals surface area (Å²) in [6.07, 6.45) is 5.40. The van der Waals surface area contributed by atoms with Crippen molar-refractivity contribution in [3.63, 3.8) is 0 Å². The standard InChI is InChI=1S/C27H29Cl2N5O3/c1-27(2)9-8-17-18(11-27)21(25(35)30-3)24(32-12-15-6-5-7-16(10-15)26(36)37-4)34-23(17)33-22-19(28)13-31-14-20(22)29/h5-7,10,13-14H,8-9,11-12H2,1-4H3,(H,30,35)(H2,31,32,33,34). The molecule has 2 heterocycles. The Balaban J connectivity index is 1.81. The quantitative estimate of drug-likeness (QED) is 0.324. The first-order chi connectivity index (χ1) is 17.6. The second-order valence-corrected chi connectivity index (χ2v) is 10.5. The number of benzene rings is 1. The number of hydrogen-bond acceptors (Lipinski definition) is 7. The van der Waals surface area contributed by atoms with Crippen LogP contribution in [0.4, 0.5) is 17.3 Å². The van der Waals surface area contributed by atoms with E-state index in [0.29, 0.717) is 51.5 Å². The fourth-order valence-electron chi connectivity index (χ4n) is 4.53. The zero-order valence-corrected chi connectivity index (χ0v) is 22.7. The molecule has 0 spiro atoms. The Morgan fingerprint density at radius 2 is 1.84 bits per heavy atom. The number of esters is 1. The van der Waals surface area contributed by atoms with Crippen molar-refractivity contribution >= 4 is 52.4 Å². The third kappa shape index (κ3) is 5.81. The lowest BCUT2D eigenvalue weighted by Crippen LogP contribution is -2.30. The number of ether oxygens (including phenoxy) is 1. The smallest absolute Gasteiger partial charge is 0.337 e. The number of nitrogens with zero attached hydrogens (tertiary/aromatic N) is 2. The van der Waals surface area contributed by atoms with Gasteiger partial charge in [-0.15, -0.1) is 0 Å². The third-order valence-corrected chi connectivity index (χ3v) is 7.05. The van der Waals surface area contributed by atoms with E-state index in [1.54, 1.807) is 25.2 Å². The van der Waals surface area contributed by atoms with E-state index in [2.05, 4.69) is 34.8 Å². The average Bonchev–Trinajstić information content (AvgIpc) is 2.88. The average molecular weight is 542 g/mol. The topological polar surface area (TPSA) is 105 Å². The molecule has 2 aromatic heterocycles. The molecule has 3 N–H and O–H groups in total. The number of amides is 1. The summed E-state index contributed by atoms with van der Waals surface area (Å²) in [5.41, 5.74) is 4.18. The number of fused-ring (bicyclic) bond motifs is 1. The molecule has 0 unspecified atom stereocenters. The summed E-state index contributed by atoms with van der Waals surface area (Å²) in [5.74, 6) is 0.362. The second kappa shape index (κ2) is 10.9. The highest BCUT2D eigenvalue weighted by molar-refractivity contribution is 6.39. The van der Waals surface area contributed by atoms with Gasteiger partial charge in [0.2, 0.25) is 0 Å². The van der Waals surface area contributed by atoms with Crippen molar-refractivity contribution in [1.82, 2.24) is 15.3 Å². The van der Waals surface area contributed by atoms with Gasteiger partial charge in [-0.05, 0) is 53.5 Å². The van der Waals surface area contributed by atoms with Crippen LogP contribution in [-0.4, -0.2) is 36.0 Å². The van der Waals surface area contributed by atoms with Gasteiger partial charge in [0.25, 0.3) is 5.91 Å².